The van der Waals surface area contributed by atoms with Crippen molar-refractivity contribution in [2.24, 2.45) is 5.92 Å². The number of aromatic nitrogens is 3. The summed E-state index contributed by atoms with van der Waals surface area (Å²) in [7, 11) is 0. The zero-order chi connectivity index (χ0) is 13.4. The summed E-state index contributed by atoms with van der Waals surface area (Å²) in [5, 5.41) is 7.11. The van der Waals surface area contributed by atoms with Crippen LogP contribution >= 0.6 is 0 Å². The topological polar surface area (TPSA) is 69.0 Å². The second-order valence-electron chi connectivity index (χ2n) is 5.60. The monoisotopic (exact) mass is 264 g/mol. The summed E-state index contributed by atoms with van der Waals surface area (Å²) in [5.41, 5.74) is 0. The third-order valence-electron chi connectivity index (χ3n) is 3.86. The third kappa shape index (κ3) is 2.49. The number of nitrogens with one attached hydrogen (secondary N) is 1. The summed E-state index contributed by atoms with van der Waals surface area (Å²) >= 11 is 0. The van der Waals surface area contributed by atoms with Gasteiger partial charge < -0.3 is 4.74 Å². The highest BCUT2D eigenvalue weighted by molar-refractivity contribution is 5.93. The van der Waals surface area contributed by atoms with Gasteiger partial charge in [0.05, 0.1) is 6.10 Å². The van der Waals surface area contributed by atoms with E-state index < -0.39 is 0 Å². The first kappa shape index (κ1) is 12.6. The Balaban J connectivity index is 1.68. The molecule has 0 aliphatic carbocycles. The van der Waals surface area contributed by atoms with Gasteiger partial charge in [0.25, 0.3) is 5.91 Å². The van der Waals surface area contributed by atoms with Gasteiger partial charge in [-0.25, -0.2) is 4.68 Å². The average molecular weight is 264 g/mol. The van der Waals surface area contributed by atoms with Crippen molar-refractivity contribution in [3.63, 3.8) is 0 Å². The van der Waals surface area contributed by atoms with Crippen LogP contribution in [-0.4, -0.2) is 32.9 Å². The lowest BCUT2D eigenvalue weighted by Crippen LogP contribution is -2.32. The zero-order valence-electron chi connectivity index (χ0n) is 11.4. The van der Waals surface area contributed by atoms with E-state index in [1.54, 1.807) is 0 Å². The van der Waals surface area contributed by atoms with E-state index in [9.17, 15) is 4.79 Å². The normalized spacial score (nSPS) is 30.1. The quantitative estimate of drug-likeness (QED) is 0.876. The summed E-state index contributed by atoms with van der Waals surface area (Å²) in [6.07, 6.45) is 3.90. The van der Waals surface area contributed by atoms with E-state index in [4.69, 9.17) is 4.74 Å². The third-order valence-corrected chi connectivity index (χ3v) is 3.86. The molecule has 1 amide bonds. The molecule has 3 heterocycles. The fraction of sp³-hybridized carbons (Fsp3) is 0.769. The van der Waals surface area contributed by atoms with Crippen molar-refractivity contribution < 1.29 is 9.53 Å². The van der Waals surface area contributed by atoms with Crippen molar-refractivity contribution in [1.29, 1.82) is 0 Å². The van der Waals surface area contributed by atoms with Crippen LogP contribution in [0.1, 0.15) is 38.9 Å². The molecule has 1 aromatic heterocycles. The molecule has 1 N–H and O–H groups in total. The van der Waals surface area contributed by atoms with Crippen LogP contribution < -0.4 is 5.32 Å². The highest BCUT2D eigenvalue weighted by Crippen LogP contribution is 2.26. The van der Waals surface area contributed by atoms with Crippen LogP contribution in [0.15, 0.2) is 0 Å². The van der Waals surface area contributed by atoms with E-state index in [0.717, 1.165) is 38.1 Å². The summed E-state index contributed by atoms with van der Waals surface area (Å²) < 4.78 is 7.52. The molecule has 1 saturated heterocycles. The molecule has 0 saturated carbocycles. The van der Waals surface area contributed by atoms with Crippen LogP contribution in [0, 0.1) is 5.92 Å². The van der Waals surface area contributed by atoms with Gasteiger partial charge in [0.15, 0.2) is 0 Å². The van der Waals surface area contributed by atoms with Gasteiger partial charge in [-0.1, -0.05) is 6.92 Å². The van der Waals surface area contributed by atoms with Gasteiger partial charge in [-0.2, -0.15) is 4.98 Å². The molecule has 1 aromatic rings. The second kappa shape index (κ2) is 4.92. The van der Waals surface area contributed by atoms with Crippen molar-refractivity contribution in [3.05, 3.63) is 5.82 Å². The number of hydrogen-bond acceptors (Lipinski definition) is 4. The molecule has 0 spiro atoms. The number of anilines is 1. The van der Waals surface area contributed by atoms with Crippen LogP contribution in [0.25, 0.3) is 0 Å². The van der Waals surface area contributed by atoms with Gasteiger partial charge in [0.2, 0.25) is 5.95 Å². The molecule has 0 radical (unpaired) electrons. The first-order valence-corrected chi connectivity index (χ1v) is 7.03. The Bertz CT molecular complexity index is 461. The van der Waals surface area contributed by atoms with Crippen LogP contribution in [0.2, 0.25) is 0 Å². The van der Waals surface area contributed by atoms with Crippen molar-refractivity contribution in [2.45, 2.75) is 58.3 Å². The van der Waals surface area contributed by atoms with Crippen LogP contribution in [0.4, 0.5) is 5.95 Å². The van der Waals surface area contributed by atoms with E-state index >= 15 is 0 Å². The summed E-state index contributed by atoms with van der Waals surface area (Å²) in [5.74, 6) is 1.50. The van der Waals surface area contributed by atoms with Gasteiger partial charge in [0, 0.05) is 13.0 Å². The van der Waals surface area contributed by atoms with E-state index in [1.165, 1.54) is 0 Å². The van der Waals surface area contributed by atoms with Crippen LogP contribution in [0.3, 0.4) is 0 Å². The molecular formula is C13H20N4O2. The number of hydrogen-bond donors (Lipinski definition) is 1. The number of nitrogens with zero attached hydrogens (tertiary/aromatic N) is 3. The minimum atomic E-state index is -0.379. The summed E-state index contributed by atoms with van der Waals surface area (Å²) in [6, 6.07) is 0. The molecule has 3 unspecified atom stereocenters. The van der Waals surface area contributed by atoms with Crippen molar-refractivity contribution in [1.82, 2.24) is 14.8 Å². The Morgan fingerprint density at radius 3 is 2.95 bits per heavy atom. The van der Waals surface area contributed by atoms with Crippen molar-refractivity contribution in [2.75, 3.05) is 5.32 Å². The highest BCUT2D eigenvalue weighted by atomic mass is 16.5. The molecule has 3 rings (SSSR count). The first-order chi connectivity index (χ1) is 9.13. The van der Waals surface area contributed by atoms with E-state index in [-0.39, 0.29) is 24.0 Å². The number of carbonyl (C=O) groups excluding carboxylic acids is 1. The molecule has 1 fully saturated rings. The predicted octanol–water partition coefficient (Wildman–Crippen LogP) is 1.37. The molecule has 19 heavy (non-hydrogen) atoms. The van der Waals surface area contributed by atoms with Crippen LogP contribution in [0.5, 0.6) is 0 Å². The molecule has 2 aliphatic heterocycles. The minimum Gasteiger partial charge on any atom is -0.365 e. The fourth-order valence-electron chi connectivity index (χ4n) is 2.92. The average Bonchev–Trinajstić information content (AvgIpc) is 2.91. The highest BCUT2D eigenvalue weighted by Gasteiger charge is 2.35. The Kier molecular flexibility index (Phi) is 3.26. The SMILES string of the molecule is CC1CC(C)C(C(=O)Nc2nc3n(n2)CCCC3)O1. The molecule has 2 aliphatic rings. The Morgan fingerprint density at radius 1 is 1.42 bits per heavy atom. The molecule has 104 valence electrons. The molecule has 0 aromatic carbocycles. The lowest BCUT2D eigenvalue weighted by atomic mass is 10.0. The predicted molar refractivity (Wildman–Crippen MR) is 69.7 cm³/mol. The Labute approximate surface area is 112 Å². The lowest BCUT2D eigenvalue weighted by molar-refractivity contribution is -0.127. The fourth-order valence-corrected chi connectivity index (χ4v) is 2.92. The number of ether oxygens (including phenoxy) is 1. The Morgan fingerprint density at radius 2 is 2.26 bits per heavy atom. The van der Waals surface area contributed by atoms with E-state index in [2.05, 4.69) is 15.4 Å². The maximum Gasteiger partial charge on any atom is 0.256 e. The second-order valence-corrected chi connectivity index (χ2v) is 5.60. The molecule has 3 atom stereocenters. The molecule has 0 bridgehead atoms. The molecular weight excluding hydrogens is 244 g/mol. The maximum atomic E-state index is 12.2. The number of amides is 1. The minimum absolute atomic E-state index is 0.125. The van der Waals surface area contributed by atoms with Crippen molar-refractivity contribution >= 4 is 11.9 Å². The number of aryl methyl sites for hydroxylation is 2. The smallest absolute Gasteiger partial charge is 0.256 e. The zero-order valence-corrected chi connectivity index (χ0v) is 11.4. The number of rotatable bonds is 2. The Hall–Kier alpha value is -1.43. The van der Waals surface area contributed by atoms with E-state index in [0.29, 0.717) is 5.95 Å². The largest absolute Gasteiger partial charge is 0.365 e. The molecule has 6 heteroatoms. The van der Waals surface area contributed by atoms with Gasteiger partial charge in [-0.15, -0.1) is 5.10 Å². The molecule has 6 nitrogen and oxygen atoms in total. The van der Waals surface area contributed by atoms with Gasteiger partial charge >= 0.3 is 0 Å². The van der Waals surface area contributed by atoms with Crippen LogP contribution in [-0.2, 0) is 22.5 Å². The van der Waals surface area contributed by atoms with Crippen molar-refractivity contribution in [3.8, 4) is 0 Å². The van der Waals surface area contributed by atoms with E-state index in [1.807, 2.05) is 18.5 Å². The lowest BCUT2D eigenvalue weighted by Gasteiger charge is -2.13. The summed E-state index contributed by atoms with van der Waals surface area (Å²) in [6.45, 7) is 4.93. The van der Waals surface area contributed by atoms with Gasteiger partial charge in [-0.3, -0.25) is 10.1 Å². The van der Waals surface area contributed by atoms with Gasteiger partial charge in [-0.05, 0) is 32.1 Å². The maximum absolute atomic E-state index is 12.2. The number of fused-ring (bicyclic) bond motifs is 1. The number of carbonyl (C=O) groups is 1. The first-order valence-electron chi connectivity index (χ1n) is 7.03. The summed E-state index contributed by atoms with van der Waals surface area (Å²) in [4.78, 5) is 16.5. The van der Waals surface area contributed by atoms with Gasteiger partial charge in [0.1, 0.15) is 11.9 Å². The standard InChI is InChI=1S/C13H20N4O2/c1-8-7-9(2)19-11(8)12(18)15-13-14-10-5-3-4-6-17(10)16-13/h8-9,11H,3-7H2,1-2H3,(H,15,16,18).